The highest BCUT2D eigenvalue weighted by Gasteiger charge is 2.35. The van der Waals surface area contributed by atoms with E-state index in [2.05, 4.69) is 35.3 Å². The van der Waals surface area contributed by atoms with Crippen LogP contribution in [0.5, 0.6) is 5.75 Å². The van der Waals surface area contributed by atoms with Crippen molar-refractivity contribution >= 4 is 45.4 Å². The number of benzene rings is 4. The highest BCUT2D eigenvalue weighted by molar-refractivity contribution is 8.18. The Morgan fingerprint density at radius 1 is 0.886 bits per heavy atom. The van der Waals surface area contributed by atoms with Crippen LogP contribution in [0.1, 0.15) is 11.1 Å². The van der Waals surface area contributed by atoms with Crippen molar-refractivity contribution in [1.82, 2.24) is 10.0 Å². The summed E-state index contributed by atoms with van der Waals surface area (Å²) in [4.78, 5) is 18.4. The van der Waals surface area contributed by atoms with Gasteiger partial charge in [-0.05, 0) is 64.0 Å². The number of hydrazine groups is 1. The van der Waals surface area contributed by atoms with Gasteiger partial charge in [0.25, 0.3) is 5.91 Å². The molecule has 6 heteroatoms. The van der Waals surface area contributed by atoms with E-state index >= 15 is 0 Å². The number of ether oxygens (including phenoxy) is 1. The van der Waals surface area contributed by atoms with Gasteiger partial charge in [-0.25, -0.2) is 15.0 Å². The van der Waals surface area contributed by atoms with E-state index in [1.165, 1.54) is 22.5 Å². The molecule has 4 aromatic rings. The number of amides is 1. The van der Waals surface area contributed by atoms with Crippen LogP contribution >= 0.6 is 11.8 Å². The number of hydrogen-bond donors (Lipinski definition) is 0. The monoisotopic (exact) mass is 479 g/mol. The minimum absolute atomic E-state index is 0.0917. The Morgan fingerprint density at radius 2 is 1.60 bits per heavy atom. The van der Waals surface area contributed by atoms with Crippen molar-refractivity contribution in [2.75, 3.05) is 14.1 Å². The number of aliphatic imine (C=N–C) groups is 1. The summed E-state index contributed by atoms with van der Waals surface area (Å²) in [5, 5.41) is 6.38. The van der Waals surface area contributed by atoms with E-state index in [0.717, 1.165) is 22.6 Å². The maximum absolute atomic E-state index is 13.1. The molecule has 5 nitrogen and oxygen atoms in total. The van der Waals surface area contributed by atoms with Gasteiger partial charge < -0.3 is 4.74 Å². The molecule has 5 rings (SSSR count). The molecule has 174 valence electrons. The molecular formula is C29H25N3O2S. The molecule has 0 unspecified atom stereocenters. The SMILES string of the molecule is CN(C)N1C(=O)/C(=C\c2ccc(OCc3cccc4ccccc34)cc2)SC1=Nc1ccccc1. The van der Waals surface area contributed by atoms with Crippen molar-refractivity contribution in [2.45, 2.75) is 6.61 Å². The van der Waals surface area contributed by atoms with E-state index in [0.29, 0.717) is 16.7 Å². The lowest BCUT2D eigenvalue weighted by molar-refractivity contribution is -0.130. The fourth-order valence-corrected chi connectivity index (χ4v) is 4.94. The number of hydrogen-bond acceptors (Lipinski definition) is 5. The molecular weight excluding hydrogens is 454 g/mol. The molecule has 35 heavy (non-hydrogen) atoms. The minimum atomic E-state index is -0.0917. The third kappa shape index (κ3) is 5.14. The number of nitrogens with zero attached hydrogens (tertiary/aromatic N) is 3. The fraction of sp³-hybridized carbons (Fsp3) is 0.103. The predicted molar refractivity (Wildman–Crippen MR) is 144 cm³/mol. The third-order valence-corrected chi connectivity index (χ3v) is 6.58. The van der Waals surface area contributed by atoms with Crippen LogP contribution in [0.25, 0.3) is 16.8 Å². The van der Waals surface area contributed by atoms with Crippen LogP contribution in [0.3, 0.4) is 0 Å². The first kappa shape index (κ1) is 22.9. The van der Waals surface area contributed by atoms with Crippen LogP contribution < -0.4 is 4.74 Å². The molecule has 4 aromatic carbocycles. The summed E-state index contributed by atoms with van der Waals surface area (Å²) in [6.45, 7) is 0.493. The first-order valence-corrected chi connectivity index (χ1v) is 12.1. The van der Waals surface area contributed by atoms with Crippen LogP contribution in [-0.2, 0) is 11.4 Å². The largest absolute Gasteiger partial charge is 0.489 e. The zero-order valence-corrected chi connectivity index (χ0v) is 20.4. The molecule has 0 aromatic heterocycles. The number of amidine groups is 1. The number of thioether (sulfide) groups is 1. The van der Waals surface area contributed by atoms with Gasteiger partial charge in [-0.1, -0.05) is 72.8 Å². The molecule has 0 aliphatic carbocycles. The van der Waals surface area contributed by atoms with Gasteiger partial charge in [-0.3, -0.25) is 4.79 Å². The number of fused-ring (bicyclic) bond motifs is 1. The lowest BCUT2D eigenvalue weighted by Crippen LogP contribution is -2.40. The topological polar surface area (TPSA) is 45.1 Å². The third-order valence-electron chi connectivity index (χ3n) is 5.62. The van der Waals surface area contributed by atoms with E-state index in [9.17, 15) is 4.79 Å². The zero-order chi connectivity index (χ0) is 24.2. The van der Waals surface area contributed by atoms with Crippen LogP contribution in [0.15, 0.2) is 107 Å². The smallest absolute Gasteiger partial charge is 0.281 e. The average Bonchev–Trinajstić information content (AvgIpc) is 3.18. The number of rotatable bonds is 6. The summed E-state index contributed by atoms with van der Waals surface area (Å²) in [5.41, 5.74) is 2.89. The Labute approximate surface area is 209 Å². The number of carbonyl (C=O) groups is 1. The first-order valence-electron chi connectivity index (χ1n) is 11.3. The molecule has 0 spiro atoms. The molecule has 1 fully saturated rings. The normalized spacial score (nSPS) is 16.1. The summed E-state index contributed by atoms with van der Waals surface area (Å²) < 4.78 is 6.05. The van der Waals surface area contributed by atoms with Gasteiger partial charge >= 0.3 is 0 Å². The second kappa shape index (κ2) is 10.2. The van der Waals surface area contributed by atoms with Crippen LogP contribution in [0.2, 0.25) is 0 Å². The summed E-state index contributed by atoms with van der Waals surface area (Å²) in [6.07, 6.45) is 1.89. The van der Waals surface area contributed by atoms with Crippen molar-refractivity contribution < 1.29 is 9.53 Å². The highest BCUT2D eigenvalue weighted by atomic mass is 32.2. The predicted octanol–water partition coefficient (Wildman–Crippen LogP) is 6.50. The molecule has 0 N–H and O–H groups in total. The van der Waals surface area contributed by atoms with Gasteiger partial charge in [0.2, 0.25) is 0 Å². The second-order valence-electron chi connectivity index (χ2n) is 8.30. The van der Waals surface area contributed by atoms with E-state index in [1.54, 1.807) is 10.0 Å². The number of para-hydroxylation sites is 1. The molecule has 0 radical (unpaired) electrons. The van der Waals surface area contributed by atoms with Gasteiger partial charge in [0.1, 0.15) is 12.4 Å². The van der Waals surface area contributed by atoms with Gasteiger partial charge in [0.05, 0.1) is 10.6 Å². The van der Waals surface area contributed by atoms with Gasteiger partial charge in [0, 0.05) is 14.1 Å². The molecule has 0 bridgehead atoms. The Balaban J connectivity index is 1.31. The Hall–Kier alpha value is -3.87. The van der Waals surface area contributed by atoms with Crippen molar-refractivity contribution in [1.29, 1.82) is 0 Å². The van der Waals surface area contributed by atoms with Crippen molar-refractivity contribution in [2.24, 2.45) is 4.99 Å². The summed E-state index contributed by atoms with van der Waals surface area (Å²) >= 11 is 1.37. The summed E-state index contributed by atoms with van der Waals surface area (Å²) in [7, 11) is 3.67. The van der Waals surface area contributed by atoms with Crippen molar-refractivity contribution in [3.63, 3.8) is 0 Å². The van der Waals surface area contributed by atoms with Crippen LogP contribution in [-0.4, -0.2) is 35.2 Å². The van der Waals surface area contributed by atoms with Gasteiger partial charge in [-0.2, -0.15) is 0 Å². The molecule has 1 aliphatic rings. The standard InChI is InChI=1S/C29H25N3O2S/c1-31(2)32-28(33)27(35-29(32)30-24-12-4-3-5-13-24)19-21-15-17-25(18-16-21)34-20-23-11-8-10-22-9-6-7-14-26(22)23/h3-19H,20H2,1-2H3/b27-19+,30-29?. The van der Waals surface area contributed by atoms with E-state index in [1.807, 2.05) is 86.9 Å². The summed E-state index contributed by atoms with van der Waals surface area (Å²) in [5.74, 6) is 0.692. The summed E-state index contributed by atoms with van der Waals surface area (Å²) in [6, 6.07) is 32.0. The van der Waals surface area contributed by atoms with Gasteiger partial charge in [0.15, 0.2) is 5.17 Å². The van der Waals surface area contributed by atoms with Crippen LogP contribution in [0, 0.1) is 0 Å². The molecule has 1 heterocycles. The van der Waals surface area contributed by atoms with Crippen molar-refractivity contribution in [3.8, 4) is 5.75 Å². The molecule has 1 amide bonds. The highest BCUT2D eigenvalue weighted by Crippen LogP contribution is 2.34. The average molecular weight is 480 g/mol. The maximum Gasteiger partial charge on any atom is 0.281 e. The van der Waals surface area contributed by atoms with Crippen LogP contribution in [0.4, 0.5) is 5.69 Å². The Bertz CT molecular complexity index is 1410. The minimum Gasteiger partial charge on any atom is -0.489 e. The Kier molecular flexibility index (Phi) is 6.66. The lowest BCUT2D eigenvalue weighted by Gasteiger charge is -2.22. The molecule has 1 saturated heterocycles. The Morgan fingerprint density at radius 3 is 2.37 bits per heavy atom. The van der Waals surface area contributed by atoms with Crippen molar-refractivity contribution in [3.05, 3.63) is 113 Å². The second-order valence-corrected chi connectivity index (χ2v) is 9.31. The van der Waals surface area contributed by atoms with E-state index in [4.69, 9.17) is 4.74 Å². The zero-order valence-electron chi connectivity index (χ0n) is 19.6. The quantitative estimate of drug-likeness (QED) is 0.296. The molecule has 1 aliphatic heterocycles. The first-order chi connectivity index (χ1) is 17.1. The molecule has 0 atom stereocenters. The molecule has 0 saturated carbocycles. The maximum atomic E-state index is 13.1. The number of carbonyl (C=O) groups excluding carboxylic acids is 1. The van der Waals surface area contributed by atoms with E-state index < -0.39 is 0 Å². The van der Waals surface area contributed by atoms with Gasteiger partial charge in [-0.15, -0.1) is 0 Å². The fourth-order valence-electron chi connectivity index (χ4n) is 3.89. The lowest BCUT2D eigenvalue weighted by atomic mass is 10.1. The van der Waals surface area contributed by atoms with E-state index in [-0.39, 0.29) is 5.91 Å².